The Kier molecular flexibility index (Phi) is 5.29. The lowest BCUT2D eigenvalue weighted by atomic mass is 10.5. The Hall–Kier alpha value is -1.41. The van der Waals surface area contributed by atoms with Crippen LogP contribution in [-0.2, 0) is 21.2 Å². The molecular weight excluding hydrogens is 256 g/mol. The van der Waals surface area contributed by atoms with Crippen LogP contribution in [0.15, 0.2) is 6.07 Å². The molecule has 18 heavy (non-hydrogen) atoms. The van der Waals surface area contributed by atoms with E-state index < -0.39 is 9.84 Å². The van der Waals surface area contributed by atoms with Crippen molar-refractivity contribution in [2.24, 2.45) is 0 Å². The molecule has 0 aliphatic heterocycles. The zero-order chi connectivity index (χ0) is 13.6. The molecular formula is C10H18N4O3S. The number of anilines is 2. The lowest BCUT2D eigenvalue weighted by Gasteiger charge is -2.07. The fourth-order valence-corrected chi connectivity index (χ4v) is 1.70. The van der Waals surface area contributed by atoms with E-state index >= 15 is 0 Å². The summed E-state index contributed by atoms with van der Waals surface area (Å²) < 4.78 is 27.1. The molecule has 0 bridgehead atoms. The number of nitrogens with two attached hydrogens (primary N) is 1. The molecule has 102 valence electrons. The van der Waals surface area contributed by atoms with Gasteiger partial charge in [-0.15, -0.1) is 0 Å². The summed E-state index contributed by atoms with van der Waals surface area (Å²) in [4.78, 5) is 8.18. The number of hydrogen-bond acceptors (Lipinski definition) is 7. The third kappa shape index (κ3) is 5.78. The maximum Gasteiger partial charge on any atom is 0.158 e. The van der Waals surface area contributed by atoms with Crippen LogP contribution in [0.4, 0.5) is 11.6 Å². The minimum absolute atomic E-state index is 0.0394. The molecule has 0 aromatic carbocycles. The van der Waals surface area contributed by atoms with Crippen LogP contribution in [0.25, 0.3) is 0 Å². The summed E-state index contributed by atoms with van der Waals surface area (Å²) in [7, 11) is -2.99. The third-order valence-corrected chi connectivity index (χ3v) is 2.95. The molecule has 8 heteroatoms. The van der Waals surface area contributed by atoms with E-state index in [0.29, 0.717) is 24.1 Å². The van der Waals surface area contributed by atoms with Gasteiger partial charge in [-0.25, -0.2) is 18.4 Å². The van der Waals surface area contributed by atoms with Gasteiger partial charge in [-0.05, 0) is 6.92 Å². The maximum absolute atomic E-state index is 11.0. The largest absolute Gasteiger partial charge is 0.384 e. The zero-order valence-corrected chi connectivity index (χ0v) is 11.3. The first-order valence-corrected chi connectivity index (χ1v) is 7.59. The molecule has 0 spiro atoms. The summed E-state index contributed by atoms with van der Waals surface area (Å²) in [5, 5.41) is 2.89. The number of sulfone groups is 1. The van der Waals surface area contributed by atoms with Crippen molar-refractivity contribution in [3.63, 3.8) is 0 Å². The predicted molar refractivity (Wildman–Crippen MR) is 70.0 cm³/mol. The Morgan fingerprint density at radius 1 is 1.44 bits per heavy atom. The Labute approximate surface area is 107 Å². The SMILES string of the molecule is CCOCc1nc(N)cc(NCCS(C)(=O)=O)n1. The van der Waals surface area contributed by atoms with Gasteiger partial charge in [-0.3, -0.25) is 0 Å². The topological polar surface area (TPSA) is 107 Å². The summed E-state index contributed by atoms with van der Waals surface area (Å²) in [5.74, 6) is 1.33. The van der Waals surface area contributed by atoms with Crippen LogP contribution in [-0.4, -0.2) is 43.5 Å². The Morgan fingerprint density at radius 2 is 2.17 bits per heavy atom. The van der Waals surface area contributed by atoms with Gasteiger partial charge in [0, 0.05) is 25.5 Å². The Morgan fingerprint density at radius 3 is 2.78 bits per heavy atom. The Bertz CT molecular complexity index is 490. The molecule has 0 atom stereocenters. The molecule has 3 N–H and O–H groups in total. The molecule has 1 aromatic heterocycles. The summed E-state index contributed by atoms with van der Waals surface area (Å²) in [6, 6.07) is 1.55. The second kappa shape index (κ2) is 6.50. The van der Waals surface area contributed by atoms with E-state index in [1.54, 1.807) is 6.07 Å². The van der Waals surface area contributed by atoms with Crippen LogP contribution in [0.1, 0.15) is 12.7 Å². The molecule has 1 aromatic rings. The monoisotopic (exact) mass is 274 g/mol. The second-order valence-electron chi connectivity index (χ2n) is 3.79. The molecule has 0 fully saturated rings. The van der Waals surface area contributed by atoms with Crippen molar-refractivity contribution in [2.75, 3.05) is 36.2 Å². The number of rotatable bonds is 7. The first-order valence-electron chi connectivity index (χ1n) is 5.53. The summed E-state index contributed by atoms with van der Waals surface area (Å²) in [6.45, 7) is 3.00. The van der Waals surface area contributed by atoms with Crippen molar-refractivity contribution in [3.05, 3.63) is 11.9 Å². The fraction of sp³-hybridized carbons (Fsp3) is 0.600. The van der Waals surface area contributed by atoms with Gasteiger partial charge in [0.1, 0.15) is 28.1 Å². The van der Waals surface area contributed by atoms with Crippen molar-refractivity contribution in [1.29, 1.82) is 0 Å². The predicted octanol–water partition coefficient (Wildman–Crippen LogP) is 0.0518. The van der Waals surface area contributed by atoms with E-state index in [0.717, 1.165) is 0 Å². The number of aromatic nitrogens is 2. The average Bonchev–Trinajstić information content (AvgIpc) is 2.24. The van der Waals surface area contributed by atoms with Gasteiger partial charge in [0.15, 0.2) is 5.82 Å². The minimum Gasteiger partial charge on any atom is -0.384 e. The van der Waals surface area contributed by atoms with Gasteiger partial charge >= 0.3 is 0 Å². The van der Waals surface area contributed by atoms with Gasteiger partial charge in [0.2, 0.25) is 0 Å². The standard InChI is InChI=1S/C10H18N4O3S/c1-3-17-7-10-13-8(11)6-9(14-10)12-4-5-18(2,15)16/h6H,3-5,7H2,1-2H3,(H3,11,12,13,14). The van der Waals surface area contributed by atoms with Gasteiger partial charge in [0.25, 0.3) is 0 Å². The van der Waals surface area contributed by atoms with E-state index in [1.165, 1.54) is 6.26 Å². The number of nitrogens with one attached hydrogen (secondary N) is 1. The minimum atomic E-state index is -2.99. The molecule has 0 aliphatic carbocycles. The highest BCUT2D eigenvalue weighted by Crippen LogP contribution is 2.08. The van der Waals surface area contributed by atoms with Crippen molar-refractivity contribution in [1.82, 2.24) is 9.97 Å². The molecule has 0 aliphatic rings. The normalized spacial score (nSPS) is 11.4. The van der Waals surface area contributed by atoms with Crippen molar-refractivity contribution < 1.29 is 13.2 Å². The molecule has 0 saturated heterocycles. The highest BCUT2D eigenvalue weighted by molar-refractivity contribution is 7.90. The second-order valence-corrected chi connectivity index (χ2v) is 6.05. The molecule has 0 unspecified atom stereocenters. The summed E-state index contributed by atoms with van der Waals surface area (Å²) in [5.41, 5.74) is 5.62. The molecule has 0 radical (unpaired) electrons. The van der Waals surface area contributed by atoms with E-state index in [4.69, 9.17) is 10.5 Å². The summed E-state index contributed by atoms with van der Waals surface area (Å²) in [6.07, 6.45) is 1.18. The van der Waals surface area contributed by atoms with Gasteiger partial charge in [0.05, 0.1) is 5.75 Å². The maximum atomic E-state index is 11.0. The van der Waals surface area contributed by atoms with Crippen LogP contribution in [0.5, 0.6) is 0 Å². The first-order chi connectivity index (χ1) is 8.40. The fourth-order valence-electron chi connectivity index (χ4n) is 1.23. The third-order valence-electron chi connectivity index (χ3n) is 2.01. The van der Waals surface area contributed by atoms with Gasteiger partial charge in [-0.1, -0.05) is 0 Å². The van der Waals surface area contributed by atoms with Crippen LogP contribution < -0.4 is 11.1 Å². The zero-order valence-electron chi connectivity index (χ0n) is 10.5. The lowest BCUT2D eigenvalue weighted by molar-refractivity contribution is 0.128. The van der Waals surface area contributed by atoms with Crippen LogP contribution in [0.2, 0.25) is 0 Å². The van der Waals surface area contributed by atoms with Crippen molar-refractivity contribution in [3.8, 4) is 0 Å². The molecule has 0 amide bonds. The molecule has 7 nitrogen and oxygen atoms in total. The lowest BCUT2D eigenvalue weighted by Crippen LogP contribution is -2.15. The molecule has 0 saturated carbocycles. The highest BCUT2D eigenvalue weighted by atomic mass is 32.2. The van der Waals surface area contributed by atoms with Gasteiger partial charge in [-0.2, -0.15) is 0 Å². The van der Waals surface area contributed by atoms with Crippen molar-refractivity contribution >= 4 is 21.5 Å². The van der Waals surface area contributed by atoms with E-state index in [2.05, 4.69) is 15.3 Å². The van der Waals surface area contributed by atoms with Crippen LogP contribution >= 0.6 is 0 Å². The first kappa shape index (κ1) is 14.7. The average molecular weight is 274 g/mol. The number of nitrogen functional groups attached to an aromatic ring is 1. The van der Waals surface area contributed by atoms with Gasteiger partial charge < -0.3 is 15.8 Å². The number of ether oxygens (including phenoxy) is 1. The molecule has 1 heterocycles. The van der Waals surface area contributed by atoms with E-state index in [9.17, 15) is 8.42 Å². The van der Waals surface area contributed by atoms with E-state index in [1.807, 2.05) is 6.92 Å². The molecule has 1 rings (SSSR count). The smallest absolute Gasteiger partial charge is 0.158 e. The van der Waals surface area contributed by atoms with Crippen LogP contribution in [0, 0.1) is 0 Å². The highest BCUT2D eigenvalue weighted by Gasteiger charge is 2.05. The Balaban J connectivity index is 2.62. The number of hydrogen-bond donors (Lipinski definition) is 2. The summed E-state index contributed by atoms with van der Waals surface area (Å²) >= 11 is 0. The quantitative estimate of drug-likeness (QED) is 0.723. The van der Waals surface area contributed by atoms with E-state index in [-0.39, 0.29) is 18.9 Å². The van der Waals surface area contributed by atoms with Crippen LogP contribution in [0.3, 0.4) is 0 Å². The van der Waals surface area contributed by atoms with Crippen molar-refractivity contribution in [2.45, 2.75) is 13.5 Å². The number of nitrogens with zero attached hydrogens (tertiary/aromatic N) is 2.